The number of aromatic nitrogens is 3. The van der Waals surface area contributed by atoms with E-state index in [4.69, 9.17) is 0 Å². The molecule has 4 rings (SSSR count). The summed E-state index contributed by atoms with van der Waals surface area (Å²) in [6.07, 6.45) is 4.84. The van der Waals surface area contributed by atoms with E-state index >= 15 is 0 Å². The number of likely N-dealkylation sites (N-methyl/N-ethyl adjacent to an activating group) is 1. The van der Waals surface area contributed by atoms with Gasteiger partial charge in [-0.05, 0) is 66.9 Å². The monoisotopic (exact) mass is 445 g/mol. The SMILES string of the molecule is CN[C@@H](CC(C)C)C(=O)Nc1ccc2c(-c3ccncc3)c(Cc3ccc(F)cc3)[nH]c2n1. The average Bonchev–Trinajstić information content (AvgIpc) is 3.16. The lowest BCUT2D eigenvalue weighted by Gasteiger charge is -2.17. The van der Waals surface area contributed by atoms with E-state index in [1.165, 1.54) is 12.1 Å². The Morgan fingerprint density at radius 3 is 2.45 bits per heavy atom. The van der Waals surface area contributed by atoms with Crippen molar-refractivity contribution in [2.24, 2.45) is 5.92 Å². The number of anilines is 1. The van der Waals surface area contributed by atoms with Gasteiger partial charge in [0.2, 0.25) is 5.91 Å². The van der Waals surface area contributed by atoms with E-state index in [1.807, 2.05) is 24.3 Å². The predicted octanol–water partition coefficient (Wildman–Crippen LogP) is 4.93. The van der Waals surface area contributed by atoms with Gasteiger partial charge in [-0.25, -0.2) is 9.37 Å². The molecule has 3 aromatic heterocycles. The number of H-pyrrole nitrogens is 1. The van der Waals surface area contributed by atoms with E-state index in [2.05, 4.69) is 39.4 Å². The predicted molar refractivity (Wildman–Crippen MR) is 129 cm³/mol. The molecule has 0 unspecified atom stereocenters. The molecule has 170 valence electrons. The summed E-state index contributed by atoms with van der Waals surface area (Å²) in [4.78, 5) is 25.0. The number of hydrogen-bond acceptors (Lipinski definition) is 4. The number of pyridine rings is 2. The lowest BCUT2D eigenvalue weighted by atomic mass is 10.00. The summed E-state index contributed by atoms with van der Waals surface area (Å²) in [6, 6.07) is 13.9. The van der Waals surface area contributed by atoms with Crippen LogP contribution in [0.3, 0.4) is 0 Å². The van der Waals surface area contributed by atoms with Gasteiger partial charge in [-0.3, -0.25) is 9.78 Å². The largest absolute Gasteiger partial charge is 0.342 e. The Hall–Kier alpha value is -3.58. The number of carbonyl (C=O) groups excluding carboxylic acids is 1. The molecule has 1 atom stereocenters. The summed E-state index contributed by atoms with van der Waals surface area (Å²) in [5.74, 6) is 0.519. The molecular weight excluding hydrogens is 417 g/mol. The molecule has 3 N–H and O–H groups in total. The number of hydrogen-bond donors (Lipinski definition) is 3. The quantitative estimate of drug-likeness (QED) is 0.359. The van der Waals surface area contributed by atoms with Crippen LogP contribution in [0.1, 0.15) is 31.5 Å². The fourth-order valence-corrected chi connectivity index (χ4v) is 4.02. The van der Waals surface area contributed by atoms with Gasteiger partial charge in [0.1, 0.15) is 17.3 Å². The molecule has 33 heavy (non-hydrogen) atoms. The van der Waals surface area contributed by atoms with E-state index in [9.17, 15) is 9.18 Å². The van der Waals surface area contributed by atoms with E-state index < -0.39 is 0 Å². The van der Waals surface area contributed by atoms with E-state index in [0.717, 1.165) is 34.2 Å². The van der Waals surface area contributed by atoms with Crippen LogP contribution in [0.2, 0.25) is 0 Å². The van der Waals surface area contributed by atoms with E-state index in [1.54, 1.807) is 31.6 Å². The van der Waals surface area contributed by atoms with Gasteiger partial charge in [-0.2, -0.15) is 0 Å². The van der Waals surface area contributed by atoms with Gasteiger partial charge in [-0.1, -0.05) is 26.0 Å². The maximum Gasteiger partial charge on any atom is 0.242 e. The lowest BCUT2D eigenvalue weighted by molar-refractivity contribution is -0.118. The van der Waals surface area contributed by atoms with Crippen molar-refractivity contribution in [3.63, 3.8) is 0 Å². The lowest BCUT2D eigenvalue weighted by Crippen LogP contribution is -2.39. The third-order valence-electron chi connectivity index (χ3n) is 5.62. The van der Waals surface area contributed by atoms with Crippen LogP contribution in [-0.4, -0.2) is 33.9 Å². The highest BCUT2D eigenvalue weighted by atomic mass is 19.1. The van der Waals surface area contributed by atoms with Crippen molar-refractivity contribution in [1.29, 1.82) is 0 Å². The van der Waals surface area contributed by atoms with Gasteiger partial charge in [0.05, 0.1) is 6.04 Å². The molecule has 1 aromatic carbocycles. The van der Waals surface area contributed by atoms with E-state index in [-0.39, 0.29) is 17.8 Å². The van der Waals surface area contributed by atoms with Crippen molar-refractivity contribution < 1.29 is 9.18 Å². The summed E-state index contributed by atoms with van der Waals surface area (Å²) in [7, 11) is 1.79. The van der Waals surface area contributed by atoms with Gasteiger partial charge < -0.3 is 15.6 Å². The number of benzene rings is 1. The molecule has 0 aliphatic carbocycles. The van der Waals surface area contributed by atoms with Gasteiger partial charge in [-0.15, -0.1) is 0 Å². The molecule has 3 heterocycles. The van der Waals surface area contributed by atoms with Crippen LogP contribution in [0.5, 0.6) is 0 Å². The summed E-state index contributed by atoms with van der Waals surface area (Å²) < 4.78 is 13.4. The number of halogens is 1. The minimum atomic E-state index is -0.285. The highest BCUT2D eigenvalue weighted by Crippen LogP contribution is 2.33. The number of nitrogens with one attached hydrogen (secondary N) is 3. The Balaban J connectivity index is 1.70. The molecule has 0 aliphatic heterocycles. The van der Waals surface area contributed by atoms with Gasteiger partial charge in [0, 0.05) is 35.5 Å². The molecule has 0 fully saturated rings. The average molecular weight is 446 g/mol. The third kappa shape index (κ3) is 5.26. The van der Waals surface area contributed by atoms with Crippen molar-refractivity contribution in [2.75, 3.05) is 12.4 Å². The zero-order valence-electron chi connectivity index (χ0n) is 19.0. The van der Waals surface area contributed by atoms with Crippen molar-refractivity contribution in [3.8, 4) is 11.1 Å². The third-order valence-corrected chi connectivity index (χ3v) is 5.62. The number of fused-ring (bicyclic) bond motifs is 1. The molecule has 0 aliphatic rings. The second kappa shape index (κ2) is 9.92. The summed E-state index contributed by atoms with van der Waals surface area (Å²) >= 11 is 0. The fourth-order valence-electron chi connectivity index (χ4n) is 4.02. The first-order chi connectivity index (χ1) is 15.9. The summed E-state index contributed by atoms with van der Waals surface area (Å²) in [5, 5.41) is 6.95. The maximum atomic E-state index is 13.4. The van der Waals surface area contributed by atoms with E-state index in [0.29, 0.717) is 23.8 Å². The molecule has 6 nitrogen and oxygen atoms in total. The van der Waals surface area contributed by atoms with Gasteiger partial charge in [0.25, 0.3) is 0 Å². The normalized spacial score (nSPS) is 12.3. The van der Waals surface area contributed by atoms with Crippen LogP contribution in [-0.2, 0) is 11.2 Å². The van der Waals surface area contributed by atoms with Crippen LogP contribution < -0.4 is 10.6 Å². The summed E-state index contributed by atoms with van der Waals surface area (Å²) in [6.45, 7) is 4.17. The maximum absolute atomic E-state index is 13.4. The number of rotatable bonds is 8. The van der Waals surface area contributed by atoms with Crippen molar-refractivity contribution in [3.05, 3.63) is 78.0 Å². The van der Waals surface area contributed by atoms with Crippen LogP contribution in [0.15, 0.2) is 60.9 Å². The first-order valence-electron chi connectivity index (χ1n) is 11.1. The molecule has 0 bridgehead atoms. The van der Waals surface area contributed by atoms with Crippen molar-refractivity contribution in [1.82, 2.24) is 20.3 Å². The molecular formula is C26H28FN5O. The molecule has 0 radical (unpaired) electrons. The van der Waals surface area contributed by atoms with Gasteiger partial charge >= 0.3 is 0 Å². The van der Waals surface area contributed by atoms with Crippen LogP contribution in [0, 0.1) is 11.7 Å². The number of carbonyl (C=O) groups is 1. The second-order valence-corrected chi connectivity index (χ2v) is 8.57. The number of aromatic amines is 1. The number of nitrogens with zero attached hydrogens (tertiary/aromatic N) is 2. The minimum Gasteiger partial charge on any atom is -0.342 e. The Morgan fingerprint density at radius 2 is 1.79 bits per heavy atom. The first kappa shape index (κ1) is 22.6. The standard InChI is InChI=1S/C26H28FN5O/c1-16(2)14-22(28-3)26(33)32-23-9-8-20-24(18-10-12-29-13-11-18)21(30-25(20)31-23)15-17-4-6-19(27)7-5-17/h4-13,16,22,28H,14-15H2,1-3H3,(H2,30,31,32,33)/t22-/m0/s1. The highest BCUT2D eigenvalue weighted by Gasteiger charge is 2.20. The molecule has 0 saturated carbocycles. The first-order valence-corrected chi connectivity index (χ1v) is 11.1. The van der Waals surface area contributed by atoms with Gasteiger partial charge in [0.15, 0.2) is 0 Å². The smallest absolute Gasteiger partial charge is 0.242 e. The molecule has 4 aromatic rings. The Kier molecular flexibility index (Phi) is 6.79. The molecule has 7 heteroatoms. The van der Waals surface area contributed by atoms with Crippen molar-refractivity contribution >= 4 is 22.8 Å². The van der Waals surface area contributed by atoms with Crippen LogP contribution in [0.4, 0.5) is 10.2 Å². The summed E-state index contributed by atoms with van der Waals surface area (Å²) in [5.41, 5.74) is 4.67. The second-order valence-electron chi connectivity index (χ2n) is 8.57. The fraction of sp³-hybridized carbons (Fsp3) is 0.269. The minimum absolute atomic E-state index is 0.106. The molecule has 0 spiro atoms. The Labute approximate surface area is 192 Å². The molecule has 1 amide bonds. The van der Waals surface area contributed by atoms with Crippen LogP contribution in [0.25, 0.3) is 22.2 Å². The Bertz CT molecular complexity index is 1240. The van der Waals surface area contributed by atoms with Crippen molar-refractivity contribution in [2.45, 2.75) is 32.7 Å². The van der Waals surface area contributed by atoms with Crippen LogP contribution >= 0.6 is 0 Å². The zero-order chi connectivity index (χ0) is 23.4. The topological polar surface area (TPSA) is 82.7 Å². The molecule has 0 saturated heterocycles. The Morgan fingerprint density at radius 1 is 1.06 bits per heavy atom. The zero-order valence-corrected chi connectivity index (χ0v) is 19.0. The highest BCUT2D eigenvalue weighted by molar-refractivity contribution is 5.99. The number of amides is 1.